The first-order valence-electron chi connectivity index (χ1n) is 2.80. The summed E-state index contributed by atoms with van der Waals surface area (Å²) < 4.78 is 0. The van der Waals surface area contributed by atoms with Crippen LogP contribution in [0.2, 0.25) is 0 Å². The fourth-order valence-electron chi connectivity index (χ4n) is 0.642. The predicted molar refractivity (Wildman–Crippen MR) is 35.5 cm³/mol. The van der Waals surface area contributed by atoms with Crippen molar-refractivity contribution in [1.29, 1.82) is 0 Å². The number of hydrogen-bond acceptors (Lipinski definition) is 2. The van der Waals surface area contributed by atoms with Crippen LogP contribution in [0.3, 0.4) is 0 Å². The van der Waals surface area contributed by atoms with Gasteiger partial charge >= 0.3 is 0 Å². The molecule has 8 heavy (non-hydrogen) atoms. The Morgan fingerprint density at radius 1 is 1.50 bits per heavy atom. The highest BCUT2D eigenvalue weighted by atomic mass is 32.1. The topological polar surface area (TPSA) is 21.3 Å². The molecule has 0 spiro atoms. The maximum Gasteiger partial charge on any atom is 0.100 e. The summed E-state index contributed by atoms with van der Waals surface area (Å²) in [5.74, 6) is 0. The minimum atomic E-state index is 0.792. The fraction of sp³-hybridized carbons (Fsp3) is 0.800. The second kappa shape index (κ2) is 2.99. The molecule has 0 bridgehead atoms. The first-order valence-corrected chi connectivity index (χ1v) is 3.21. The highest BCUT2D eigenvalue weighted by Gasteiger charge is 2.00. The van der Waals surface area contributed by atoms with E-state index in [4.69, 9.17) is 17.1 Å². The van der Waals surface area contributed by atoms with Crippen LogP contribution in [-0.4, -0.2) is 11.6 Å². The van der Waals surface area contributed by atoms with Gasteiger partial charge in [0.05, 0.1) is 6.61 Å². The second-order valence-corrected chi connectivity index (χ2v) is 2.32. The van der Waals surface area contributed by atoms with Crippen LogP contribution in [-0.2, 0) is 4.84 Å². The van der Waals surface area contributed by atoms with Crippen LogP contribution in [0.25, 0.3) is 0 Å². The van der Waals surface area contributed by atoms with E-state index in [0.717, 1.165) is 30.9 Å². The van der Waals surface area contributed by atoms with Gasteiger partial charge in [-0.15, -0.1) is 0 Å². The lowest BCUT2D eigenvalue weighted by Gasteiger charge is -1.98. The average Bonchev–Trinajstić information content (AvgIpc) is 1.94. The molecule has 1 N–H and O–H groups in total. The third kappa shape index (κ3) is 1.76. The zero-order valence-electron chi connectivity index (χ0n) is 4.64. The van der Waals surface area contributed by atoms with Gasteiger partial charge in [0.15, 0.2) is 0 Å². The van der Waals surface area contributed by atoms with Gasteiger partial charge in [0.1, 0.15) is 4.99 Å². The molecule has 1 fully saturated rings. The monoisotopic (exact) mass is 131 g/mol. The lowest BCUT2D eigenvalue weighted by molar-refractivity contribution is 0.0903. The molecule has 0 aromatic carbocycles. The van der Waals surface area contributed by atoms with E-state index in [0.29, 0.717) is 0 Å². The largest absolute Gasteiger partial charge is 0.276 e. The van der Waals surface area contributed by atoms with Gasteiger partial charge in [-0.05, 0) is 19.3 Å². The van der Waals surface area contributed by atoms with Crippen molar-refractivity contribution < 1.29 is 4.84 Å². The van der Waals surface area contributed by atoms with E-state index in [-0.39, 0.29) is 0 Å². The van der Waals surface area contributed by atoms with Crippen molar-refractivity contribution in [3.63, 3.8) is 0 Å². The van der Waals surface area contributed by atoms with Gasteiger partial charge in [0.2, 0.25) is 0 Å². The molecule has 0 radical (unpaired) electrons. The predicted octanol–water partition coefficient (Wildman–Crippen LogP) is 1.02. The average molecular weight is 131 g/mol. The van der Waals surface area contributed by atoms with E-state index in [2.05, 4.69) is 5.48 Å². The molecular weight excluding hydrogens is 122 g/mol. The number of rotatable bonds is 0. The number of hydrogen-bond donors (Lipinski definition) is 1. The Bertz CT molecular complexity index is 84.4. The number of thiocarbonyl (C=S) groups is 1. The maximum absolute atomic E-state index is 4.92. The second-order valence-electron chi connectivity index (χ2n) is 1.83. The van der Waals surface area contributed by atoms with Crippen LogP contribution >= 0.6 is 12.2 Å². The summed E-state index contributed by atoms with van der Waals surface area (Å²) in [6, 6.07) is 0. The van der Waals surface area contributed by atoms with Crippen LogP contribution in [0.1, 0.15) is 19.3 Å². The molecule has 46 valence electrons. The molecule has 3 heteroatoms. The lowest BCUT2D eigenvalue weighted by atomic mass is 10.2. The van der Waals surface area contributed by atoms with Gasteiger partial charge < -0.3 is 0 Å². The first kappa shape index (κ1) is 5.98. The summed E-state index contributed by atoms with van der Waals surface area (Å²) in [6.07, 6.45) is 3.26. The normalized spacial score (nSPS) is 21.8. The van der Waals surface area contributed by atoms with Crippen LogP contribution in [0, 0.1) is 0 Å². The van der Waals surface area contributed by atoms with Crippen molar-refractivity contribution in [2.24, 2.45) is 0 Å². The molecule has 1 aliphatic rings. The summed E-state index contributed by atoms with van der Waals surface area (Å²) in [5, 5.41) is 0. The minimum absolute atomic E-state index is 0.792. The zero-order valence-corrected chi connectivity index (χ0v) is 5.46. The van der Waals surface area contributed by atoms with E-state index in [1.807, 2.05) is 0 Å². The molecule has 1 rings (SSSR count). The molecule has 1 aliphatic heterocycles. The molecular formula is C5H9NOS. The summed E-state index contributed by atoms with van der Waals surface area (Å²) in [4.78, 5) is 5.75. The van der Waals surface area contributed by atoms with E-state index >= 15 is 0 Å². The lowest BCUT2D eigenvalue weighted by Crippen LogP contribution is -2.18. The van der Waals surface area contributed by atoms with Crippen molar-refractivity contribution in [2.75, 3.05) is 6.61 Å². The van der Waals surface area contributed by atoms with Crippen molar-refractivity contribution in [1.82, 2.24) is 5.48 Å². The summed E-state index contributed by atoms with van der Waals surface area (Å²) in [5.41, 5.74) is 2.68. The molecule has 0 unspecified atom stereocenters. The van der Waals surface area contributed by atoms with Gasteiger partial charge in [-0.3, -0.25) is 10.3 Å². The third-order valence-corrected chi connectivity index (χ3v) is 1.37. The fourth-order valence-corrected chi connectivity index (χ4v) is 0.846. The van der Waals surface area contributed by atoms with Crippen molar-refractivity contribution in [3.05, 3.63) is 0 Å². The smallest absolute Gasteiger partial charge is 0.100 e. The molecule has 0 amide bonds. The number of nitrogens with one attached hydrogen (secondary N) is 1. The Balaban J connectivity index is 2.27. The highest BCUT2D eigenvalue weighted by Crippen LogP contribution is 2.00. The molecule has 1 saturated heterocycles. The zero-order chi connectivity index (χ0) is 5.82. The summed E-state index contributed by atoms with van der Waals surface area (Å²) in [7, 11) is 0. The quantitative estimate of drug-likeness (QED) is 0.496. The Labute approximate surface area is 54.2 Å². The van der Waals surface area contributed by atoms with Crippen LogP contribution < -0.4 is 5.48 Å². The Morgan fingerprint density at radius 2 is 2.38 bits per heavy atom. The van der Waals surface area contributed by atoms with E-state index in [9.17, 15) is 0 Å². The van der Waals surface area contributed by atoms with Crippen LogP contribution in [0.5, 0.6) is 0 Å². The van der Waals surface area contributed by atoms with Gasteiger partial charge in [-0.25, -0.2) is 0 Å². The van der Waals surface area contributed by atoms with Crippen LogP contribution in [0.4, 0.5) is 0 Å². The maximum atomic E-state index is 4.92. The van der Waals surface area contributed by atoms with E-state index in [1.165, 1.54) is 0 Å². The number of hydroxylamine groups is 1. The standard InChI is InChI=1S/C5H9NOS/c8-5-3-1-2-4-7-6-5/h1-4H2,(H,6,8). The highest BCUT2D eigenvalue weighted by molar-refractivity contribution is 7.80. The molecule has 0 atom stereocenters. The Hall–Kier alpha value is -0.150. The van der Waals surface area contributed by atoms with Crippen molar-refractivity contribution in [2.45, 2.75) is 19.3 Å². The Kier molecular flexibility index (Phi) is 2.24. The molecule has 0 aromatic rings. The molecule has 2 nitrogen and oxygen atoms in total. The van der Waals surface area contributed by atoms with Gasteiger partial charge in [0, 0.05) is 0 Å². The summed E-state index contributed by atoms with van der Waals surface area (Å²) >= 11 is 4.86. The van der Waals surface area contributed by atoms with Crippen molar-refractivity contribution in [3.8, 4) is 0 Å². The van der Waals surface area contributed by atoms with Gasteiger partial charge in [-0.1, -0.05) is 12.2 Å². The Morgan fingerprint density at radius 3 is 3.25 bits per heavy atom. The third-order valence-electron chi connectivity index (χ3n) is 1.09. The SMILES string of the molecule is S=C1CCCCON1. The van der Waals surface area contributed by atoms with Crippen molar-refractivity contribution >= 4 is 17.2 Å². The first-order chi connectivity index (χ1) is 3.89. The molecule has 1 heterocycles. The minimum Gasteiger partial charge on any atom is -0.276 e. The molecule has 0 aromatic heterocycles. The van der Waals surface area contributed by atoms with Crippen LogP contribution in [0.15, 0.2) is 0 Å². The molecule has 0 saturated carbocycles. The van der Waals surface area contributed by atoms with Gasteiger partial charge in [-0.2, -0.15) is 0 Å². The molecule has 0 aliphatic carbocycles. The van der Waals surface area contributed by atoms with E-state index < -0.39 is 0 Å². The van der Waals surface area contributed by atoms with E-state index in [1.54, 1.807) is 0 Å². The van der Waals surface area contributed by atoms with Gasteiger partial charge in [0.25, 0.3) is 0 Å². The summed E-state index contributed by atoms with van der Waals surface area (Å²) in [6.45, 7) is 0.792.